The predicted molar refractivity (Wildman–Crippen MR) is 87.7 cm³/mol. The van der Waals surface area contributed by atoms with Crippen LogP contribution in [0.4, 0.5) is 4.79 Å². The van der Waals surface area contributed by atoms with Gasteiger partial charge >= 0.3 is 6.03 Å². The summed E-state index contributed by atoms with van der Waals surface area (Å²) < 4.78 is 7.40. The SMILES string of the molecule is Cc1c(CNC(=O)NCc2cc(Cl)cc3c2OCC3)cnn1C. The minimum Gasteiger partial charge on any atom is -0.493 e. The fraction of sp³-hybridized carbons (Fsp3) is 0.375. The summed E-state index contributed by atoms with van der Waals surface area (Å²) in [7, 11) is 1.87. The third kappa shape index (κ3) is 3.42. The quantitative estimate of drug-likeness (QED) is 0.901. The van der Waals surface area contributed by atoms with Crippen LogP contribution in [0, 0.1) is 6.92 Å². The fourth-order valence-corrected chi connectivity index (χ4v) is 2.87. The van der Waals surface area contributed by atoms with Gasteiger partial charge in [0.05, 0.1) is 12.8 Å². The number of aryl methyl sites for hydroxylation is 1. The standard InChI is InChI=1S/C16H19ClN4O2/c1-10-13(9-20-21(10)2)8-19-16(22)18-7-12-6-14(17)5-11-3-4-23-15(11)12/h5-6,9H,3-4,7-8H2,1-2H3,(H2,18,19,22). The van der Waals surface area contributed by atoms with Crippen molar-refractivity contribution in [3.63, 3.8) is 0 Å². The van der Waals surface area contributed by atoms with E-state index >= 15 is 0 Å². The zero-order valence-corrected chi connectivity index (χ0v) is 13.9. The zero-order valence-electron chi connectivity index (χ0n) is 13.1. The van der Waals surface area contributed by atoms with Gasteiger partial charge in [-0.25, -0.2) is 4.79 Å². The van der Waals surface area contributed by atoms with E-state index in [0.29, 0.717) is 24.7 Å². The number of benzene rings is 1. The lowest BCUT2D eigenvalue weighted by atomic mass is 10.1. The van der Waals surface area contributed by atoms with Gasteiger partial charge in [0.2, 0.25) is 0 Å². The highest BCUT2D eigenvalue weighted by Crippen LogP contribution is 2.32. The van der Waals surface area contributed by atoms with Crippen LogP contribution < -0.4 is 15.4 Å². The van der Waals surface area contributed by atoms with Crippen molar-refractivity contribution in [3.05, 3.63) is 45.7 Å². The Labute approximate surface area is 139 Å². The predicted octanol–water partition coefficient (Wildman–Crippen LogP) is 2.32. The van der Waals surface area contributed by atoms with Gasteiger partial charge in [-0.1, -0.05) is 11.6 Å². The number of hydrogen-bond acceptors (Lipinski definition) is 3. The van der Waals surface area contributed by atoms with Gasteiger partial charge in [0.1, 0.15) is 5.75 Å². The first-order valence-electron chi connectivity index (χ1n) is 7.48. The van der Waals surface area contributed by atoms with Crippen LogP contribution >= 0.6 is 11.6 Å². The summed E-state index contributed by atoms with van der Waals surface area (Å²) in [5.41, 5.74) is 4.03. The molecule has 7 heteroatoms. The van der Waals surface area contributed by atoms with E-state index in [1.54, 1.807) is 10.9 Å². The van der Waals surface area contributed by atoms with Gasteiger partial charge in [-0.05, 0) is 24.6 Å². The molecular weight excluding hydrogens is 316 g/mol. The smallest absolute Gasteiger partial charge is 0.315 e. The number of nitrogens with zero attached hydrogens (tertiary/aromatic N) is 2. The second kappa shape index (κ2) is 6.50. The first-order chi connectivity index (χ1) is 11.0. The van der Waals surface area contributed by atoms with Crippen molar-refractivity contribution in [1.29, 1.82) is 0 Å². The molecule has 1 aliphatic heterocycles. The normalized spacial score (nSPS) is 12.7. The molecule has 122 valence electrons. The van der Waals surface area contributed by atoms with E-state index in [9.17, 15) is 4.79 Å². The van der Waals surface area contributed by atoms with Gasteiger partial charge in [-0.2, -0.15) is 5.10 Å². The molecule has 2 heterocycles. The maximum atomic E-state index is 12.0. The highest BCUT2D eigenvalue weighted by Gasteiger charge is 2.18. The molecule has 6 nitrogen and oxygen atoms in total. The molecular formula is C16H19ClN4O2. The van der Waals surface area contributed by atoms with Crippen molar-refractivity contribution in [2.45, 2.75) is 26.4 Å². The Morgan fingerprint density at radius 2 is 2.09 bits per heavy atom. The van der Waals surface area contributed by atoms with Gasteiger partial charge in [-0.3, -0.25) is 4.68 Å². The summed E-state index contributed by atoms with van der Waals surface area (Å²) in [6, 6.07) is 3.51. The van der Waals surface area contributed by atoms with E-state index in [1.165, 1.54) is 0 Å². The van der Waals surface area contributed by atoms with Crippen molar-refractivity contribution < 1.29 is 9.53 Å². The van der Waals surface area contributed by atoms with Crippen LogP contribution in [-0.2, 0) is 26.6 Å². The lowest BCUT2D eigenvalue weighted by Crippen LogP contribution is -2.34. The summed E-state index contributed by atoms with van der Waals surface area (Å²) in [6.45, 7) is 3.44. The number of fused-ring (bicyclic) bond motifs is 1. The summed E-state index contributed by atoms with van der Waals surface area (Å²) in [5.74, 6) is 0.845. The summed E-state index contributed by atoms with van der Waals surface area (Å²) in [5, 5.41) is 10.5. The van der Waals surface area contributed by atoms with Crippen LogP contribution in [0.3, 0.4) is 0 Å². The lowest BCUT2D eigenvalue weighted by molar-refractivity contribution is 0.240. The number of halogens is 1. The van der Waals surface area contributed by atoms with Crippen LogP contribution in [0.2, 0.25) is 5.02 Å². The molecule has 1 aliphatic rings. The van der Waals surface area contributed by atoms with Crippen molar-refractivity contribution in [3.8, 4) is 5.75 Å². The zero-order chi connectivity index (χ0) is 16.4. The number of nitrogens with one attached hydrogen (secondary N) is 2. The van der Waals surface area contributed by atoms with Gasteiger partial charge in [0, 0.05) is 48.4 Å². The molecule has 3 rings (SSSR count). The Morgan fingerprint density at radius 1 is 1.35 bits per heavy atom. The number of hydrogen-bond donors (Lipinski definition) is 2. The maximum Gasteiger partial charge on any atom is 0.315 e. The highest BCUT2D eigenvalue weighted by atomic mass is 35.5. The molecule has 0 radical (unpaired) electrons. The fourth-order valence-electron chi connectivity index (χ4n) is 2.61. The molecule has 0 fully saturated rings. The number of ether oxygens (including phenoxy) is 1. The van der Waals surface area contributed by atoms with E-state index in [4.69, 9.17) is 16.3 Å². The molecule has 0 atom stereocenters. The topological polar surface area (TPSA) is 68.2 Å². The average molecular weight is 335 g/mol. The number of aromatic nitrogens is 2. The molecule has 0 bridgehead atoms. The van der Waals surface area contributed by atoms with Crippen LogP contribution in [0.25, 0.3) is 0 Å². The van der Waals surface area contributed by atoms with E-state index in [2.05, 4.69) is 15.7 Å². The maximum absolute atomic E-state index is 12.0. The van der Waals surface area contributed by atoms with Crippen molar-refractivity contribution in [1.82, 2.24) is 20.4 Å². The summed E-state index contributed by atoms with van der Waals surface area (Å²) in [4.78, 5) is 12.0. The minimum absolute atomic E-state index is 0.236. The van der Waals surface area contributed by atoms with E-state index in [1.807, 2.05) is 26.1 Å². The van der Waals surface area contributed by atoms with Crippen molar-refractivity contribution >= 4 is 17.6 Å². The van der Waals surface area contributed by atoms with Gasteiger partial charge < -0.3 is 15.4 Å². The molecule has 1 aromatic carbocycles. The third-order valence-corrected chi connectivity index (χ3v) is 4.26. The van der Waals surface area contributed by atoms with E-state index < -0.39 is 0 Å². The number of carbonyl (C=O) groups excluding carboxylic acids is 1. The molecule has 0 saturated carbocycles. The van der Waals surface area contributed by atoms with Crippen molar-refractivity contribution in [2.24, 2.45) is 7.05 Å². The molecule has 0 aliphatic carbocycles. The molecule has 2 aromatic rings. The molecule has 2 N–H and O–H groups in total. The average Bonchev–Trinajstić information content (AvgIpc) is 3.11. The van der Waals surface area contributed by atoms with Gasteiger partial charge in [0.15, 0.2) is 0 Å². The second-order valence-corrected chi connectivity index (χ2v) is 6.00. The molecule has 0 saturated heterocycles. The Bertz CT molecular complexity index is 742. The summed E-state index contributed by atoms with van der Waals surface area (Å²) in [6.07, 6.45) is 2.61. The van der Waals surface area contributed by atoms with Crippen LogP contribution in [-0.4, -0.2) is 22.4 Å². The Hall–Kier alpha value is -2.21. The molecule has 1 aromatic heterocycles. The lowest BCUT2D eigenvalue weighted by Gasteiger charge is -2.11. The number of carbonyl (C=O) groups is 1. The first kappa shape index (κ1) is 15.7. The number of amides is 2. The molecule has 23 heavy (non-hydrogen) atoms. The van der Waals surface area contributed by atoms with Crippen LogP contribution in [0.5, 0.6) is 5.75 Å². The molecule has 0 unspecified atom stereocenters. The van der Waals surface area contributed by atoms with E-state index in [0.717, 1.165) is 34.6 Å². The van der Waals surface area contributed by atoms with Crippen molar-refractivity contribution in [2.75, 3.05) is 6.61 Å². The third-order valence-electron chi connectivity index (χ3n) is 4.04. The molecule has 2 amide bonds. The highest BCUT2D eigenvalue weighted by molar-refractivity contribution is 6.30. The second-order valence-electron chi connectivity index (χ2n) is 5.57. The van der Waals surface area contributed by atoms with E-state index in [-0.39, 0.29) is 6.03 Å². The van der Waals surface area contributed by atoms with Crippen LogP contribution in [0.15, 0.2) is 18.3 Å². The molecule has 0 spiro atoms. The van der Waals surface area contributed by atoms with Gasteiger partial charge in [0.25, 0.3) is 0 Å². The Morgan fingerprint density at radius 3 is 2.78 bits per heavy atom. The van der Waals surface area contributed by atoms with Gasteiger partial charge in [-0.15, -0.1) is 0 Å². The minimum atomic E-state index is -0.236. The number of rotatable bonds is 4. The van der Waals surface area contributed by atoms with Crippen LogP contribution in [0.1, 0.15) is 22.4 Å². The summed E-state index contributed by atoms with van der Waals surface area (Å²) >= 11 is 6.11. The Balaban J connectivity index is 1.56. The monoisotopic (exact) mass is 334 g/mol. The Kier molecular flexibility index (Phi) is 4.43. The first-order valence-corrected chi connectivity index (χ1v) is 7.85. The largest absolute Gasteiger partial charge is 0.493 e. The number of urea groups is 1.